The van der Waals surface area contributed by atoms with Crippen LogP contribution in [0.3, 0.4) is 0 Å². The average molecular weight is 363 g/mol. The number of nitrogens with one attached hydrogen (secondary N) is 1. The monoisotopic (exact) mass is 363 g/mol. The van der Waals surface area contributed by atoms with Crippen LogP contribution in [0.25, 0.3) is 11.1 Å². The molecule has 1 N–H and O–H groups in total. The molecule has 0 radical (unpaired) electrons. The zero-order chi connectivity index (χ0) is 17.9. The van der Waals surface area contributed by atoms with Gasteiger partial charge < -0.3 is 4.74 Å². The molecular formula is C18H12F3NO2S. The lowest BCUT2D eigenvalue weighted by molar-refractivity contribution is -0.137. The molecule has 0 aliphatic heterocycles. The third kappa shape index (κ3) is 4.19. The minimum absolute atomic E-state index is 0.0858. The molecule has 3 rings (SSSR count). The fraction of sp³-hybridized carbons (Fsp3) is 0.0556. The van der Waals surface area contributed by atoms with Crippen molar-refractivity contribution in [2.75, 3.05) is 5.32 Å². The lowest BCUT2D eigenvalue weighted by Gasteiger charge is -2.13. The Labute approximate surface area is 145 Å². The van der Waals surface area contributed by atoms with E-state index in [0.29, 0.717) is 16.3 Å². The molecule has 0 aliphatic rings. The molecule has 0 spiro atoms. The fourth-order valence-electron chi connectivity index (χ4n) is 2.27. The van der Waals surface area contributed by atoms with Gasteiger partial charge >= 0.3 is 12.3 Å². The van der Waals surface area contributed by atoms with Crippen LogP contribution in [0.1, 0.15) is 5.56 Å². The summed E-state index contributed by atoms with van der Waals surface area (Å²) in [4.78, 5) is 11.7. The highest BCUT2D eigenvalue weighted by molar-refractivity contribution is 7.11. The van der Waals surface area contributed by atoms with E-state index in [9.17, 15) is 18.0 Å². The lowest BCUT2D eigenvalue weighted by Crippen LogP contribution is -2.16. The Balaban J connectivity index is 1.76. The van der Waals surface area contributed by atoms with Gasteiger partial charge in [-0.3, -0.25) is 5.32 Å². The smallest absolute Gasteiger partial charge is 0.399 e. The largest absolute Gasteiger partial charge is 0.417 e. The first-order valence-corrected chi connectivity index (χ1v) is 8.10. The van der Waals surface area contributed by atoms with Gasteiger partial charge in [0.15, 0.2) is 5.06 Å². The van der Waals surface area contributed by atoms with E-state index in [0.717, 1.165) is 6.07 Å². The number of carbonyl (C=O) groups excluding carboxylic acids is 1. The first kappa shape index (κ1) is 17.0. The Morgan fingerprint density at radius 1 is 0.960 bits per heavy atom. The van der Waals surface area contributed by atoms with Crippen molar-refractivity contribution < 1.29 is 22.7 Å². The van der Waals surface area contributed by atoms with E-state index in [1.54, 1.807) is 23.6 Å². The zero-order valence-electron chi connectivity index (χ0n) is 12.7. The molecule has 0 bridgehead atoms. The van der Waals surface area contributed by atoms with Crippen molar-refractivity contribution in [3.8, 4) is 16.2 Å². The standard InChI is InChI=1S/C18H12F3NO2S/c19-18(20,21)15-5-2-1-4-14(15)12-7-9-13(10-8-12)22-17(23)24-16-6-3-11-25-16/h1-11H,(H,22,23). The summed E-state index contributed by atoms with van der Waals surface area (Å²) < 4.78 is 44.3. The predicted octanol–water partition coefficient (Wildman–Crippen LogP) is 6.04. The maximum absolute atomic E-state index is 13.1. The summed E-state index contributed by atoms with van der Waals surface area (Å²) in [6.45, 7) is 0. The van der Waals surface area contributed by atoms with Crippen molar-refractivity contribution in [2.45, 2.75) is 6.18 Å². The molecule has 0 aliphatic carbocycles. The van der Waals surface area contributed by atoms with Gasteiger partial charge in [-0.25, -0.2) is 4.79 Å². The molecule has 0 fully saturated rings. The number of benzene rings is 2. The summed E-state index contributed by atoms with van der Waals surface area (Å²) in [7, 11) is 0. The minimum Gasteiger partial charge on any atom is -0.399 e. The van der Waals surface area contributed by atoms with Crippen LogP contribution >= 0.6 is 11.3 Å². The molecule has 7 heteroatoms. The number of ether oxygens (including phenoxy) is 1. The number of halogens is 3. The summed E-state index contributed by atoms with van der Waals surface area (Å²) in [6.07, 6.45) is -5.09. The summed E-state index contributed by atoms with van der Waals surface area (Å²) in [5.41, 5.74) is 0.218. The van der Waals surface area contributed by atoms with Crippen LogP contribution in [0.2, 0.25) is 0 Å². The van der Waals surface area contributed by atoms with E-state index in [1.165, 1.54) is 47.7 Å². The summed E-state index contributed by atoms with van der Waals surface area (Å²) in [5.74, 6) is 0. The maximum Gasteiger partial charge on any atom is 0.417 e. The van der Waals surface area contributed by atoms with Gasteiger partial charge in [-0.1, -0.05) is 30.3 Å². The van der Waals surface area contributed by atoms with Crippen molar-refractivity contribution in [1.82, 2.24) is 0 Å². The average Bonchev–Trinajstić information content (AvgIpc) is 3.07. The fourth-order valence-corrected chi connectivity index (χ4v) is 2.84. The first-order chi connectivity index (χ1) is 11.9. The van der Waals surface area contributed by atoms with E-state index in [2.05, 4.69) is 5.32 Å². The second-order valence-electron chi connectivity index (χ2n) is 5.07. The van der Waals surface area contributed by atoms with Crippen molar-refractivity contribution in [3.05, 3.63) is 71.6 Å². The van der Waals surface area contributed by atoms with Crippen LogP contribution in [0.5, 0.6) is 5.06 Å². The number of rotatable bonds is 3. The van der Waals surface area contributed by atoms with Gasteiger partial charge in [0, 0.05) is 5.69 Å². The lowest BCUT2D eigenvalue weighted by atomic mass is 9.99. The predicted molar refractivity (Wildman–Crippen MR) is 90.8 cm³/mol. The van der Waals surface area contributed by atoms with Crippen LogP contribution in [0.15, 0.2) is 66.0 Å². The van der Waals surface area contributed by atoms with E-state index in [-0.39, 0.29) is 5.56 Å². The topological polar surface area (TPSA) is 38.3 Å². The normalized spacial score (nSPS) is 11.2. The maximum atomic E-state index is 13.1. The Bertz CT molecular complexity index is 859. The number of hydrogen-bond donors (Lipinski definition) is 1. The van der Waals surface area contributed by atoms with Crippen LogP contribution in [-0.2, 0) is 6.18 Å². The van der Waals surface area contributed by atoms with Crippen molar-refractivity contribution in [3.63, 3.8) is 0 Å². The van der Waals surface area contributed by atoms with Gasteiger partial charge in [0.05, 0.1) is 5.56 Å². The Kier molecular flexibility index (Phi) is 4.76. The van der Waals surface area contributed by atoms with Gasteiger partial charge in [-0.2, -0.15) is 13.2 Å². The van der Waals surface area contributed by atoms with Gasteiger partial charge in [0.25, 0.3) is 0 Å². The van der Waals surface area contributed by atoms with Crippen LogP contribution < -0.4 is 10.1 Å². The molecule has 0 saturated carbocycles. The van der Waals surface area contributed by atoms with E-state index < -0.39 is 17.8 Å². The molecule has 25 heavy (non-hydrogen) atoms. The highest BCUT2D eigenvalue weighted by atomic mass is 32.1. The third-order valence-corrected chi connectivity index (χ3v) is 4.11. The van der Waals surface area contributed by atoms with Crippen LogP contribution in [-0.4, -0.2) is 6.09 Å². The highest BCUT2D eigenvalue weighted by Crippen LogP contribution is 2.37. The molecule has 0 saturated heterocycles. The molecule has 2 aromatic carbocycles. The molecule has 0 unspecified atom stereocenters. The molecule has 1 aromatic heterocycles. The first-order valence-electron chi connectivity index (χ1n) is 7.22. The molecule has 3 nitrogen and oxygen atoms in total. The Morgan fingerprint density at radius 3 is 2.32 bits per heavy atom. The van der Waals surface area contributed by atoms with Gasteiger partial charge in [0.2, 0.25) is 0 Å². The summed E-state index contributed by atoms with van der Waals surface area (Å²) in [5, 5.41) is 4.75. The van der Waals surface area contributed by atoms with Crippen molar-refractivity contribution in [1.29, 1.82) is 0 Å². The molecule has 3 aromatic rings. The molecular weight excluding hydrogens is 351 g/mol. The van der Waals surface area contributed by atoms with Crippen molar-refractivity contribution in [2.24, 2.45) is 0 Å². The minimum atomic E-state index is -4.43. The summed E-state index contributed by atoms with van der Waals surface area (Å²) >= 11 is 1.28. The van der Waals surface area contributed by atoms with Crippen molar-refractivity contribution >= 4 is 23.1 Å². The van der Waals surface area contributed by atoms with Gasteiger partial charge in [-0.15, -0.1) is 11.3 Å². The molecule has 0 atom stereocenters. The second-order valence-corrected chi connectivity index (χ2v) is 5.98. The number of thiophene rings is 1. The second kappa shape index (κ2) is 6.98. The van der Waals surface area contributed by atoms with Gasteiger partial charge in [0.1, 0.15) is 0 Å². The zero-order valence-corrected chi connectivity index (χ0v) is 13.5. The number of anilines is 1. The summed E-state index contributed by atoms with van der Waals surface area (Å²) in [6, 6.07) is 14.8. The number of carbonyl (C=O) groups is 1. The Hall–Kier alpha value is -2.80. The van der Waals surface area contributed by atoms with Crippen LogP contribution in [0, 0.1) is 0 Å². The van der Waals surface area contributed by atoms with E-state index in [1.807, 2.05) is 0 Å². The molecule has 128 valence electrons. The number of amides is 1. The molecule has 1 heterocycles. The SMILES string of the molecule is O=C(Nc1ccc(-c2ccccc2C(F)(F)F)cc1)Oc1cccs1. The highest BCUT2D eigenvalue weighted by Gasteiger charge is 2.33. The molecule has 1 amide bonds. The van der Waals surface area contributed by atoms with E-state index >= 15 is 0 Å². The van der Waals surface area contributed by atoms with Crippen LogP contribution in [0.4, 0.5) is 23.7 Å². The number of hydrogen-bond acceptors (Lipinski definition) is 3. The third-order valence-electron chi connectivity index (χ3n) is 3.36. The quantitative estimate of drug-likeness (QED) is 0.616. The van der Waals surface area contributed by atoms with Gasteiger partial charge in [-0.05, 0) is 46.8 Å². The Morgan fingerprint density at radius 2 is 1.68 bits per heavy atom. The van der Waals surface area contributed by atoms with E-state index in [4.69, 9.17) is 4.74 Å². The number of alkyl halides is 3.